The van der Waals surface area contributed by atoms with Crippen molar-refractivity contribution in [3.05, 3.63) is 30.3 Å². The lowest BCUT2D eigenvalue weighted by Crippen LogP contribution is -2.25. The lowest BCUT2D eigenvalue weighted by atomic mass is 10.3. The third kappa shape index (κ3) is 4.20. The largest absolute Gasteiger partial charge is 0.240 e. The predicted octanol–water partition coefficient (Wildman–Crippen LogP) is 1.98. The Morgan fingerprint density at radius 3 is 2.47 bits per heavy atom. The first kappa shape index (κ1) is 12.5. The molecular weight excluding hydrogens is 234 g/mol. The summed E-state index contributed by atoms with van der Waals surface area (Å²) in [6.45, 7) is 2.19. The third-order valence-corrected chi connectivity index (χ3v) is 3.58. The average molecular weight is 248 g/mol. The van der Waals surface area contributed by atoms with Crippen LogP contribution in [0.15, 0.2) is 35.2 Å². The Bertz CT molecular complexity index is 389. The van der Waals surface area contributed by atoms with Crippen LogP contribution in [0.1, 0.15) is 13.3 Å². The first-order valence-electron chi connectivity index (χ1n) is 4.71. The second kappa shape index (κ2) is 5.49. The van der Waals surface area contributed by atoms with E-state index in [0.717, 1.165) is 0 Å². The Morgan fingerprint density at radius 1 is 1.33 bits per heavy atom. The van der Waals surface area contributed by atoms with E-state index in [0.29, 0.717) is 13.0 Å². The van der Waals surface area contributed by atoms with E-state index in [1.807, 2.05) is 6.92 Å². The van der Waals surface area contributed by atoms with Crippen molar-refractivity contribution in [3.63, 3.8) is 0 Å². The van der Waals surface area contributed by atoms with Crippen molar-refractivity contribution < 1.29 is 8.42 Å². The van der Waals surface area contributed by atoms with Gasteiger partial charge in [-0.25, -0.2) is 13.1 Å². The van der Waals surface area contributed by atoms with Crippen molar-refractivity contribution in [2.75, 3.05) is 6.54 Å². The van der Waals surface area contributed by atoms with Gasteiger partial charge >= 0.3 is 0 Å². The quantitative estimate of drug-likeness (QED) is 0.809. The van der Waals surface area contributed by atoms with E-state index in [2.05, 4.69) is 4.72 Å². The van der Waals surface area contributed by atoms with E-state index < -0.39 is 10.0 Å². The molecule has 1 rings (SSSR count). The minimum absolute atomic E-state index is 0.0246. The molecule has 0 spiro atoms. The Hall–Kier alpha value is -0.580. The molecule has 0 aromatic heterocycles. The molecule has 0 radical (unpaired) electrons. The Kier molecular flexibility index (Phi) is 4.57. The van der Waals surface area contributed by atoms with Gasteiger partial charge in [0.1, 0.15) is 0 Å². The fourth-order valence-corrected chi connectivity index (χ4v) is 2.25. The van der Waals surface area contributed by atoms with Gasteiger partial charge in [-0.05, 0) is 25.5 Å². The Morgan fingerprint density at radius 2 is 1.93 bits per heavy atom. The van der Waals surface area contributed by atoms with Gasteiger partial charge in [-0.1, -0.05) is 18.2 Å². The fourth-order valence-electron chi connectivity index (χ4n) is 1.08. The van der Waals surface area contributed by atoms with Gasteiger partial charge in [0, 0.05) is 11.9 Å². The van der Waals surface area contributed by atoms with Gasteiger partial charge in [-0.3, -0.25) is 0 Å². The zero-order chi connectivity index (χ0) is 11.3. The number of benzene rings is 1. The van der Waals surface area contributed by atoms with E-state index in [1.54, 1.807) is 30.3 Å². The highest BCUT2D eigenvalue weighted by molar-refractivity contribution is 7.89. The average Bonchev–Trinajstić information content (AvgIpc) is 2.18. The molecule has 84 valence electrons. The van der Waals surface area contributed by atoms with Crippen LogP contribution in [-0.4, -0.2) is 20.3 Å². The minimum atomic E-state index is -3.36. The maximum absolute atomic E-state index is 11.7. The van der Waals surface area contributed by atoms with E-state index in [9.17, 15) is 8.42 Å². The molecule has 0 fully saturated rings. The van der Waals surface area contributed by atoms with Crippen LogP contribution < -0.4 is 4.72 Å². The molecule has 1 atom stereocenters. The van der Waals surface area contributed by atoms with Gasteiger partial charge in [0.05, 0.1) is 4.90 Å². The molecule has 0 aliphatic heterocycles. The topological polar surface area (TPSA) is 46.2 Å². The smallest absolute Gasteiger partial charge is 0.211 e. The monoisotopic (exact) mass is 247 g/mol. The highest BCUT2D eigenvalue weighted by Gasteiger charge is 2.12. The summed E-state index contributed by atoms with van der Waals surface area (Å²) in [6, 6.07) is 8.29. The molecule has 0 aliphatic carbocycles. The van der Waals surface area contributed by atoms with Crippen LogP contribution in [-0.2, 0) is 10.0 Å². The molecule has 5 heteroatoms. The normalized spacial score (nSPS) is 13.7. The van der Waals surface area contributed by atoms with Gasteiger partial charge in [0.15, 0.2) is 0 Å². The molecule has 0 amide bonds. The zero-order valence-electron chi connectivity index (χ0n) is 8.48. The van der Waals surface area contributed by atoms with E-state index in [-0.39, 0.29) is 10.3 Å². The lowest BCUT2D eigenvalue weighted by molar-refractivity contribution is 0.579. The molecule has 3 nitrogen and oxygen atoms in total. The molecule has 0 heterocycles. The highest BCUT2D eigenvalue weighted by atomic mass is 35.5. The molecule has 0 saturated carbocycles. The van der Waals surface area contributed by atoms with Crippen molar-refractivity contribution >= 4 is 21.6 Å². The SMILES string of the molecule is CC(Cl)CCNS(=O)(=O)c1ccccc1. The number of alkyl halides is 1. The van der Waals surface area contributed by atoms with Crippen molar-refractivity contribution in [3.8, 4) is 0 Å². The number of rotatable bonds is 5. The molecular formula is C10H14ClNO2S. The summed E-state index contributed by atoms with van der Waals surface area (Å²) in [5.74, 6) is 0. The van der Waals surface area contributed by atoms with Crippen molar-refractivity contribution in [1.82, 2.24) is 4.72 Å². The molecule has 1 unspecified atom stereocenters. The summed E-state index contributed by atoms with van der Waals surface area (Å²) in [5.41, 5.74) is 0. The Balaban J connectivity index is 2.61. The molecule has 1 aromatic carbocycles. The summed E-state index contributed by atoms with van der Waals surface area (Å²) in [7, 11) is -3.36. The highest BCUT2D eigenvalue weighted by Crippen LogP contribution is 2.07. The predicted molar refractivity (Wildman–Crippen MR) is 61.6 cm³/mol. The molecule has 0 saturated heterocycles. The maximum Gasteiger partial charge on any atom is 0.240 e. The van der Waals surface area contributed by atoms with Crippen LogP contribution in [0.5, 0.6) is 0 Å². The van der Waals surface area contributed by atoms with E-state index in [4.69, 9.17) is 11.6 Å². The van der Waals surface area contributed by atoms with Gasteiger partial charge in [-0.2, -0.15) is 0 Å². The summed E-state index contributed by atoms with van der Waals surface area (Å²) in [5, 5.41) is -0.0246. The van der Waals surface area contributed by atoms with Gasteiger partial charge in [0.2, 0.25) is 10.0 Å². The first-order valence-corrected chi connectivity index (χ1v) is 6.63. The summed E-state index contributed by atoms with van der Waals surface area (Å²) in [6.07, 6.45) is 0.619. The standard InChI is InChI=1S/C10H14ClNO2S/c1-9(11)7-8-12-15(13,14)10-5-3-2-4-6-10/h2-6,9,12H,7-8H2,1H3. The second-order valence-electron chi connectivity index (χ2n) is 3.28. The van der Waals surface area contributed by atoms with Gasteiger partial charge in [0.25, 0.3) is 0 Å². The number of hydrogen-bond donors (Lipinski definition) is 1. The van der Waals surface area contributed by atoms with Crippen molar-refractivity contribution in [2.45, 2.75) is 23.6 Å². The van der Waals surface area contributed by atoms with Crippen LogP contribution in [0.4, 0.5) is 0 Å². The summed E-state index contributed by atoms with van der Waals surface area (Å²) in [4.78, 5) is 0.284. The van der Waals surface area contributed by atoms with Gasteiger partial charge in [-0.15, -0.1) is 11.6 Å². The molecule has 1 aromatic rings. The van der Waals surface area contributed by atoms with Crippen LogP contribution in [0.2, 0.25) is 0 Å². The van der Waals surface area contributed by atoms with Crippen molar-refractivity contribution in [1.29, 1.82) is 0 Å². The molecule has 0 bridgehead atoms. The van der Waals surface area contributed by atoms with Crippen LogP contribution in [0, 0.1) is 0 Å². The maximum atomic E-state index is 11.7. The number of sulfonamides is 1. The van der Waals surface area contributed by atoms with Crippen LogP contribution in [0.3, 0.4) is 0 Å². The zero-order valence-corrected chi connectivity index (χ0v) is 10.1. The molecule has 15 heavy (non-hydrogen) atoms. The summed E-state index contributed by atoms with van der Waals surface area (Å²) < 4.78 is 25.8. The van der Waals surface area contributed by atoms with Crippen LogP contribution >= 0.6 is 11.6 Å². The summed E-state index contributed by atoms with van der Waals surface area (Å²) >= 11 is 5.72. The number of nitrogens with one attached hydrogen (secondary N) is 1. The lowest BCUT2D eigenvalue weighted by Gasteiger charge is -2.07. The van der Waals surface area contributed by atoms with Crippen molar-refractivity contribution in [2.24, 2.45) is 0 Å². The number of halogens is 1. The number of hydrogen-bond acceptors (Lipinski definition) is 2. The second-order valence-corrected chi connectivity index (χ2v) is 5.79. The molecule has 0 aliphatic rings. The molecule has 1 N–H and O–H groups in total. The van der Waals surface area contributed by atoms with Gasteiger partial charge < -0.3 is 0 Å². The fraction of sp³-hybridized carbons (Fsp3) is 0.400. The third-order valence-electron chi connectivity index (χ3n) is 1.89. The Labute approximate surface area is 95.5 Å². The van der Waals surface area contributed by atoms with E-state index >= 15 is 0 Å². The van der Waals surface area contributed by atoms with Crippen LogP contribution in [0.25, 0.3) is 0 Å². The first-order chi connectivity index (χ1) is 7.02. The minimum Gasteiger partial charge on any atom is -0.211 e. The van der Waals surface area contributed by atoms with E-state index in [1.165, 1.54) is 0 Å².